The molecule has 1 amide bonds. The highest BCUT2D eigenvalue weighted by Crippen LogP contribution is 2.25. The molecule has 1 N–H and O–H groups in total. The molecule has 3 aromatic rings. The van der Waals surface area contributed by atoms with Crippen molar-refractivity contribution in [1.29, 1.82) is 0 Å². The largest absolute Gasteiger partial charge is 0.370 e. The van der Waals surface area contributed by atoms with Crippen LogP contribution in [0.3, 0.4) is 0 Å². The number of nitrogens with zero attached hydrogens (tertiary/aromatic N) is 1. The topological polar surface area (TPSA) is 45.3 Å². The second-order valence-corrected chi connectivity index (χ2v) is 6.75. The van der Waals surface area contributed by atoms with Gasteiger partial charge in [0.05, 0.1) is 13.2 Å². The lowest BCUT2D eigenvalue weighted by atomic mass is 10.1. The number of aromatic nitrogens is 1. The van der Waals surface area contributed by atoms with Crippen molar-refractivity contribution in [3.63, 3.8) is 0 Å². The Bertz CT molecular complexity index is 914. The monoisotopic (exact) mass is 334 g/mol. The Kier molecular flexibility index (Phi) is 4.06. The first kappa shape index (κ1) is 15.9. The molecular formula is C21H22N2O2. The predicted octanol–water partition coefficient (Wildman–Crippen LogP) is 4.00. The Hall–Kier alpha value is -2.59. The highest BCUT2D eigenvalue weighted by atomic mass is 16.5. The molecular weight excluding hydrogens is 312 g/mol. The van der Waals surface area contributed by atoms with Gasteiger partial charge in [-0.15, -0.1) is 0 Å². The van der Waals surface area contributed by atoms with Gasteiger partial charge in [-0.2, -0.15) is 0 Å². The number of rotatable bonds is 2. The Morgan fingerprint density at radius 3 is 2.76 bits per heavy atom. The highest BCUT2D eigenvalue weighted by molar-refractivity contribution is 5.99. The fraction of sp³-hybridized carbons (Fsp3) is 0.286. The van der Waals surface area contributed by atoms with Crippen LogP contribution >= 0.6 is 0 Å². The molecule has 1 fully saturated rings. The first-order valence-electron chi connectivity index (χ1n) is 8.67. The lowest BCUT2D eigenvalue weighted by Gasteiger charge is -2.33. The standard InChI is InChI=1S/C21H22N2O2/c1-14-10-15(2)17-12-19(22-18(17)11-14)21(24)23-8-9-25-20(13-23)16-6-4-3-5-7-16/h3-7,10-12,20,22H,8-9,13H2,1-2H3. The molecule has 1 unspecified atom stereocenters. The van der Waals surface area contributed by atoms with E-state index in [2.05, 4.69) is 31.0 Å². The van der Waals surface area contributed by atoms with E-state index in [1.54, 1.807) is 0 Å². The minimum Gasteiger partial charge on any atom is -0.370 e. The summed E-state index contributed by atoms with van der Waals surface area (Å²) in [6.45, 7) is 5.91. The van der Waals surface area contributed by atoms with Gasteiger partial charge in [0.15, 0.2) is 0 Å². The molecule has 1 aliphatic heterocycles. The summed E-state index contributed by atoms with van der Waals surface area (Å²) in [5.41, 5.74) is 5.17. The Balaban J connectivity index is 1.59. The SMILES string of the molecule is Cc1cc(C)c2cc(C(=O)N3CCOC(c4ccccc4)C3)[nH]c2c1. The lowest BCUT2D eigenvalue weighted by Crippen LogP contribution is -2.42. The van der Waals surface area contributed by atoms with Crippen LogP contribution in [-0.4, -0.2) is 35.5 Å². The van der Waals surface area contributed by atoms with Crippen molar-refractivity contribution in [2.45, 2.75) is 20.0 Å². The zero-order chi connectivity index (χ0) is 17.4. The van der Waals surface area contributed by atoms with Gasteiger partial charge in [0.25, 0.3) is 5.91 Å². The highest BCUT2D eigenvalue weighted by Gasteiger charge is 2.27. The second kappa shape index (κ2) is 6.37. The third-order valence-electron chi connectivity index (χ3n) is 4.84. The van der Waals surface area contributed by atoms with Crippen LogP contribution in [0.1, 0.15) is 33.3 Å². The van der Waals surface area contributed by atoms with Crippen LogP contribution in [0.25, 0.3) is 10.9 Å². The summed E-state index contributed by atoms with van der Waals surface area (Å²) in [6.07, 6.45) is -0.0627. The summed E-state index contributed by atoms with van der Waals surface area (Å²) >= 11 is 0. The van der Waals surface area contributed by atoms with Gasteiger partial charge in [-0.1, -0.05) is 36.4 Å². The van der Waals surface area contributed by atoms with Gasteiger partial charge in [-0.05, 0) is 42.7 Å². The van der Waals surface area contributed by atoms with Gasteiger partial charge in [0, 0.05) is 17.4 Å². The number of ether oxygens (including phenoxy) is 1. The fourth-order valence-corrected chi connectivity index (χ4v) is 3.59. The maximum atomic E-state index is 13.0. The lowest BCUT2D eigenvalue weighted by molar-refractivity contribution is -0.0229. The number of hydrogen-bond acceptors (Lipinski definition) is 2. The first-order chi connectivity index (χ1) is 12.1. The summed E-state index contributed by atoms with van der Waals surface area (Å²) in [5, 5.41) is 1.11. The van der Waals surface area contributed by atoms with Crippen LogP contribution in [0, 0.1) is 13.8 Å². The van der Waals surface area contributed by atoms with E-state index in [1.165, 1.54) is 11.1 Å². The molecule has 0 saturated carbocycles. The van der Waals surface area contributed by atoms with Crippen molar-refractivity contribution < 1.29 is 9.53 Å². The number of carbonyl (C=O) groups is 1. The average molecular weight is 334 g/mol. The first-order valence-corrected chi connectivity index (χ1v) is 8.67. The molecule has 2 heterocycles. The minimum absolute atomic E-state index is 0.0393. The summed E-state index contributed by atoms with van der Waals surface area (Å²) in [5.74, 6) is 0.0393. The van der Waals surface area contributed by atoms with E-state index in [0.717, 1.165) is 16.5 Å². The number of benzene rings is 2. The van der Waals surface area contributed by atoms with Crippen molar-refractivity contribution in [2.24, 2.45) is 0 Å². The van der Waals surface area contributed by atoms with E-state index in [1.807, 2.05) is 41.3 Å². The zero-order valence-corrected chi connectivity index (χ0v) is 14.6. The second-order valence-electron chi connectivity index (χ2n) is 6.75. The number of hydrogen-bond donors (Lipinski definition) is 1. The minimum atomic E-state index is -0.0627. The molecule has 0 bridgehead atoms. The average Bonchev–Trinajstić information content (AvgIpc) is 3.06. The number of H-pyrrole nitrogens is 1. The van der Waals surface area contributed by atoms with Crippen LogP contribution in [0.4, 0.5) is 0 Å². The van der Waals surface area contributed by atoms with Crippen molar-refractivity contribution in [2.75, 3.05) is 19.7 Å². The van der Waals surface area contributed by atoms with Gasteiger partial charge in [-0.3, -0.25) is 4.79 Å². The third-order valence-corrected chi connectivity index (χ3v) is 4.84. The van der Waals surface area contributed by atoms with E-state index < -0.39 is 0 Å². The molecule has 1 aromatic heterocycles. The molecule has 2 aromatic carbocycles. The third kappa shape index (κ3) is 3.05. The maximum Gasteiger partial charge on any atom is 0.270 e. The number of morpholine rings is 1. The van der Waals surface area contributed by atoms with Gasteiger partial charge in [-0.25, -0.2) is 0 Å². The van der Waals surface area contributed by atoms with E-state index in [9.17, 15) is 4.79 Å². The van der Waals surface area contributed by atoms with E-state index >= 15 is 0 Å². The van der Waals surface area contributed by atoms with Crippen molar-refractivity contribution >= 4 is 16.8 Å². The molecule has 0 radical (unpaired) electrons. The Morgan fingerprint density at radius 2 is 1.96 bits per heavy atom. The maximum absolute atomic E-state index is 13.0. The summed E-state index contributed by atoms with van der Waals surface area (Å²) in [7, 11) is 0. The number of nitrogens with one attached hydrogen (secondary N) is 1. The van der Waals surface area contributed by atoms with Gasteiger partial charge < -0.3 is 14.6 Å². The molecule has 0 spiro atoms. The van der Waals surface area contributed by atoms with Crippen LogP contribution in [0.5, 0.6) is 0 Å². The normalized spacial score (nSPS) is 17.8. The van der Waals surface area contributed by atoms with E-state index in [4.69, 9.17) is 4.74 Å². The Morgan fingerprint density at radius 1 is 1.16 bits per heavy atom. The molecule has 4 rings (SSSR count). The van der Waals surface area contributed by atoms with Crippen molar-refractivity contribution in [3.05, 3.63) is 70.9 Å². The zero-order valence-electron chi connectivity index (χ0n) is 14.6. The number of carbonyl (C=O) groups excluding carboxylic acids is 1. The number of aromatic amines is 1. The summed E-state index contributed by atoms with van der Waals surface area (Å²) in [6, 6.07) is 16.3. The molecule has 128 valence electrons. The van der Waals surface area contributed by atoms with Crippen molar-refractivity contribution in [3.8, 4) is 0 Å². The molecule has 0 aliphatic carbocycles. The number of aryl methyl sites for hydroxylation is 2. The molecule has 4 heteroatoms. The number of fused-ring (bicyclic) bond motifs is 1. The summed E-state index contributed by atoms with van der Waals surface area (Å²) < 4.78 is 5.87. The Labute approximate surface area is 147 Å². The fourth-order valence-electron chi connectivity index (χ4n) is 3.59. The molecule has 1 saturated heterocycles. The van der Waals surface area contributed by atoms with Gasteiger partial charge >= 0.3 is 0 Å². The predicted molar refractivity (Wildman–Crippen MR) is 98.8 cm³/mol. The number of amides is 1. The molecule has 25 heavy (non-hydrogen) atoms. The van der Waals surface area contributed by atoms with Crippen LogP contribution in [0.15, 0.2) is 48.5 Å². The van der Waals surface area contributed by atoms with Crippen LogP contribution in [-0.2, 0) is 4.74 Å². The summed E-state index contributed by atoms with van der Waals surface area (Å²) in [4.78, 5) is 18.2. The van der Waals surface area contributed by atoms with Gasteiger partial charge in [0.2, 0.25) is 0 Å². The molecule has 1 aliphatic rings. The quantitative estimate of drug-likeness (QED) is 0.770. The van der Waals surface area contributed by atoms with Gasteiger partial charge in [0.1, 0.15) is 11.8 Å². The van der Waals surface area contributed by atoms with E-state index in [0.29, 0.717) is 25.4 Å². The van der Waals surface area contributed by atoms with E-state index in [-0.39, 0.29) is 12.0 Å². The molecule has 1 atom stereocenters. The van der Waals surface area contributed by atoms with Crippen LogP contribution in [0.2, 0.25) is 0 Å². The molecule has 4 nitrogen and oxygen atoms in total. The van der Waals surface area contributed by atoms with Crippen LogP contribution < -0.4 is 0 Å². The smallest absolute Gasteiger partial charge is 0.270 e. The van der Waals surface area contributed by atoms with Crippen molar-refractivity contribution in [1.82, 2.24) is 9.88 Å².